The molecular weight excluding hydrogens is 164 g/mol. The van der Waals surface area contributed by atoms with Gasteiger partial charge in [-0.1, -0.05) is 0 Å². The van der Waals surface area contributed by atoms with Crippen LogP contribution in [0.3, 0.4) is 0 Å². The molecule has 0 aromatic rings. The van der Waals surface area contributed by atoms with E-state index < -0.39 is 9.35 Å². The summed E-state index contributed by atoms with van der Waals surface area (Å²) in [5, 5.41) is 9.01. The van der Waals surface area contributed by atoms with Crippen LogP contribution in [0.2, 0.25) is 0 Å². The van der Waals surface area contributed by atoms with E-state index in [-0.39, 0.29) is 5.94 Å². The Hall–Kier alpha value is 0.0700. The predicted octanol–water partition coefficient (Wildman–Crippen LogP) is 0.502. The predicted molar refractivity (Wildman–Crippen MR) is 45.8 cm³/mol. The molecule has 0 spiro atoms. The Labute approximate surface area is 67.4 Å². The van der Waals surface area contributed by atoms with Crippen LogP contribution in [0.15, 0.2) is 0 Å². The third-order valence-electron chi connectivity index (χ3n) is 2.31. The summed E-state index contributed by atoms with van der Waals surface area (Å²) >= 11 is 0. The molecule has 0 amide bonds. The molecule has 0 aromatic heterocycles. The average molecular weight is 180 g/mol. The highest BCUT2D eigenvalue weighted by Gasteiger charge is 2.31. The fraction of sp³-hybridized carbons (Fsp3) is 1.00. The van der Waals surface area contributed by atoms with E-state index in [1.54, 1.807) is 0 Å². The Morgan fingerprint density at radius 2 is 2.27 bits per heavy atom. The first-order valence-electron chi connectivity index (χ1n) is 4.01. The highest BCUT2D eigenvalue weighted by molar-refractivity contribution is 8.15. The Balaban J connectivity index is 2.81. The van der Waals surface area contributed by atoms with E-state index in [9.17, 15) is 4.21 Å². The minimum absolute atomic E-state index is 0.298. The van der Waals surface area contributed by atoms with E-state index in [1.165, 1.54) is 0 Å². The van der Waals surface area contributed by atoms with Gasteiger partial charge in [-0.15, -0.1) is 0 Å². The maximum Gasteiger partial charge on any atom is 0.129 e. The number of aliphatic hydroxyl groups is 1. The molecule has 1 aliphatic heterocycles. The second kappa shape index (κ2) is 2.84. The van der Waals surface area contributed by atoms with Crippen molar-refractivity contribution >= 4 is 9.35 Å². The van der Waals surface area contributed by atoms with Crippen molar-refractivity contribution in [2.45, 2.75) is 19.8 Å². The van der Waals surface area contributed by atoms with Gasteiger partial charge in [-0.2, -0.15) is 9.35 Å². The van der Waals surface area contributed by atoms with Crippen molar-refractivity contribution in [1.82, 2.24) is 0 Å². The zero-order chi connectivity index (χ0) is 8.40. The van der Waals surface area contributed by atoms with Gasteiger partial charge < -0.3 is 5.11 Å². The molecule has 68 valence electrons. The van der Waals surface area contributed by atoms with Crippen molar-refractivity contribution < 1.29 is 13.5 Å². The molecule has 1 saturated heterocycles. The van der Waals surface area contributed by atoms with Gasteiger partial charge in [0.1, 0.15) is 5.94 Å². The quantitative estimate of drug-likeness (QED) is 0.673. The monoisotopic (exact) mass is 180 g/mol. The summed E-state index contributed by atoms with van der Waals surface area (Å²) in [6.07, 6.45) is 1.88. The lowest BCUT2D eigenvalue weighted by Gasteiger charge is -2.47. The molecule has 0 radical (unpaired) electrons. The third-order valence-corrected chi connectivity index (χ3v) is 6.13. The van der Waals surface area contributed by atoms with E-state index in [0.717, 1.165) is 12.8 Å². The molecule has 1 N–H and O–H groups in total. The molecule has 0 unspecified atom stereocenters. The molecular formula is C7H16O3S. The molecule has 11 heavy (non-hydrogen) atoms. The van der Waals surface area contributed by atoms with E-state index in [2.05, 4.69) is 0 Å². The van der Waals surface area contributed by atoms with Crippen molar-refractivity contribution in [2.75, 3.05) is 24.1 Å². The van der Waals surface area contributed by atoms with Crippen molar-refractivity contribution in [2.24, 2.45) is 0 Å². The highest BCUT2D eigenvalue weighted by atomic mass is 32.3. The fourth-order valence-corrected chi connectivity index (χ4v) is 3.62. The number of hydrogen-bond acceptors (Lipinski definition) is 3. The zero-order valence-corrected chi connectivity index (χ0v) is 7.73. The molecule has 1 aliphatic rings. The van der Waals surface area contributed by atoms with Gasteiger partial charge in [0, 0.05) is 11.5 Å². The van der Waals surface area contributed by atoms with Crippen LogP contribution in [-0.4, -0.2) is 33.4 Å². The molecule has 0 aromatic carbocycles. The van der Waals surface area contributed by atoms with Gasteiger partial charge in [0.15, 0.2) is 0 Å². The number of hydrogen-bond donors (Lipinski definition) is 1. The van der Waals surface area contributed by atoms with Gasteiger partial charge in [0.05, 0.1) is 6.61 Å². The van der Waals surface area contributed by atoms with Gasteiger partial charge >= 0.3 is 0 Å². The SMILES string of the molecule is CCS1(=O)(CO)CCCCO1. The summed E-state index contributed by atoms with van der Waals surface area (Å²) in [5.74, 6) is 0.700. The van der Waals surface area contributed by atoms with Crippen molar-refractivity contribution in [3.05, 3.63) is 0 Å². The molecule has 1 heterocycles. The first kappa shape index (κ1) is 9.16. The van der Waals surface area contributed by atoms with Gasteiger partial charge in [-0.3, -0.25) is 4.18 Å². The Morgan fingerprint density at radius 3 is 2.55 bits per heavy atom. The van der Waals surface area contributed by atoms with Crippen molar-refractivity contribution in [3.8, 4) is 0 Å². The van der Waals surface area contributed by atoms with E-state index >= 15 is 0 Å². The maximum absolute atomic E-state index is 12.1. The molecule has 3 nitrogen and oxygen atoms in total. The first-order chi connectivity index (χ1) is 5.13. The highest BCUT2D eigenvalue weighted by Crippen LogP contribution is 2.31. The lowest BCUT2D eigenvalue weighted by molar-refractivity contribution is 0.259. The molecule has 0 saturated carbocycles. The van der Waals surface area contributed by atoms with Gasteiger partial charge in [-0.05, 0) is 19.8 Å². The number of rotatable bonds is 2. The molecule has 0 atom stereocenters. The van der Waals surface area contributed by atoms with Crippen LogP contribution in [-0.2, 0) is 13.5 Å². The molecule has 1 fully saturated rings. The van der Waals surface area contributed by atoms with Gasteiger partial charge in [0.25, 0.3) is 0 Å². The minimum atomic E-state index is -3.04. The Bertz CT molecular complexity index is 180. The largest absolute Gasteiger partial charge is 0.377 e. The van der Waals surface area contributed by atoms with Crippen LogP contribution in [0.25, 0.3) is 0 Å². The summed E-state index contributed by atoms with van der Waals surface area (Å²) in [6.45, 7) is 2.36. The van der Waals surface area contributed by atoms with E-state index in [1.807, 2.05) is 6.92 Å². The van der Waals surface area contributed by atoms with Crippen LogP contribution in [0.5, 0.6) is 0 Å². The summed E-state index contributed by atoms with van der Waals surface area (Å²) in [4.78, 5) is 0. The maximum atomic E-state index is 12.1. The van der Waals surface area contributed by atoms with Gasteiger partial charge in [0.2, 0.25) is 0 Å². The first-order valence-corrected chi connectivity index (χ1v) is 6.41. The van der Waals surface area contributed by atoms with Crippen LogP contribution < -0.4 is 0 Å². The third kappa shape index (κ3) is 1.63. The second-order valence-corrected chi connectivity index (χ2v) is 7.29. The van der Waals surface area contributed by atoms with Crippen LogP contribution in [0, 0.1) is 0 Å². The Kier molecular flexibility index (Phi) is 2.37. The van der Waals surface area contributed by atoms with Crippen LogP contribution in [0.4, 0.5) is 0 Å². The lowest BCUT2D eigenvalue weighted by Crippen LogP contribution is -2.47. The lowest BCUT2D eigenvalue weighted by atomic mass is 10.4. The summed E-state index contributed by atoms with van der Waals surface area (Å²) in [5.41, 5.74) is 0. The molecule has 0 bridgehead atoms. The number of aliphatic hydroxyl groups excluding tert-OH is 1. The fourth-order valence-electron chi connectivity index (χ4n) is 1.28. The Morgan fingerprint density at radius 1 is 1.55 bits per heavy atom. The standard InChI is InChI=1S/C7H16O3S/c1-2-11(9,7-8)6-4-3-5-10-11/h8H,2-7H2,1H3. The van der Waals surface area contributed by atoms with Gasteiger partial charge in [-0.25, -0.2) is 4.21 Å². The van der Waals surface area contributed by atoms with E-state index in [0.29, 0.717) is 18.1 Å². The summed E-state index contributed by atoms with van der Waals surface area (Å²) < 4.78 is 17.3. The minimum Gasteiger partial charge on any atom is -0.377 e. The van der Waals surface area contributed by atoms with Crippen LogP contribution >= 0.6 is 0 Å². The normalized spacial score (nSPS) is 32.0. The van der Waals surface area contributed by atoms with Crippen molar-refractivity contribution in [3.63, 3.8) is 0 Å². The van der Waals surface area contributed by atoms with Crippen LogP contribution in [0.1, 0.15) is 19.8 Å². The zero-order valence-electron chi connectivity index (χ0n) is 6.91. The smallest absolute Gasteiger partial charge is 0.129 e. The molecule has 0 aliphatic carbocycles. The topological polar surface area (TPSA) is 46.5 Å². The summed E-state index contributed by atoms with van der Waals surface area (Å²) in [6, 6.07) is 0. The van der Waals surface area contributed by atoms with E-state index in [4.69, 9.17) is 9.29 Å². The van der Waals surface area contributed by atoms with Crippen molar-refractivity contribution in [1.29, 1.82) is 0 Å². The summed E-state index contributed by atoms with van der Waals surface area (Å²) in [7, 11) is -3.04. The molecule has 4 heteroatoms. The molecule has 1 rings (SSSR count). The average Bonchev–Trinajstić information content (AvgIpc) is 2.07. The second-order valence-electron chi connectivity index (χ2n) is 3.04.